The summed E-state index contributed by atoms with van der Waals surface area (Å²) in [6.07, 6.45) is -3.74. The molecule has 1 aromatic carbocycles. The van der Waals surface area contributed by atoms with Crippen LogP contribution in [0.25, 0.3) is 0 Å². The molecule has 2 N–H and O–H groups in total. The quantitative estimate of drug-likeness (QED) is 0.811. The molecule has 1 atom stereocenters. The van der Waals surface area contributed by atoms with Gasteiger partial charge in [0.15, 0.2) is 0 Å². The van der Waals surface area contributed by atoms with Gasteiger partial charge in [0.05, 0.1) is 5.56 Å². The van der Waals surface area contributed by atoms with Crippen molar-refractivity contribution in [3.63, 3.8) is 0 Å². The average Bonchev–Trinajstić information content (AvgIpc) is 2.37. The summed E-state index contributed by atoms with van der Waals surface area (Å²) in [5, 5.41) is 5.10. The standard InChI is InChI=1S/C14H19BrF3N3O/c1-9(6-7-21(2)3)19-13(22)20-10-4-5-12(15)11(8-10)14(16,17)18/h4-5,8-9H,6-7H2,1-3H3,(H2,19,20,22). The Morgan fingerprint density at radius 1 is 1.36 bits per heavy atom. The largest absolute Gasteiger partial charge is 0.417 e. The molecule has 0 spiro atoms. The minimum Gasteiger partial charge on any atom is -0.335 e. The minimum absolute atomic E-state index is 0.0645. The van der Waals surface area contributed by atoms with Crippen LogP contribution in [-0.4, -0.2) is 37.6 Å². The van der Waals surface area contributed by atoms with Crippen LogP contribution in [0.1, 0.15) is 18.9 Å². The zero-order valence-electron chi connectivity index (χ0n) is 12.6. The highest BCUT2D eigenvalue weighted by atomic mass is 79.9. The molecule has 0 fully saturated rings. The zero-order chi connectivity index (χ0) is 16.9. The number of urea groups is 1. The van der Waals surface area contributed by atoms with E-state index in [-0.39, 0.29) is 16.2 Å². The number of amides is 2. The van der Waals surface area contributed by atoms with Crippen molar-refractivity contribution in [2.24, 2.45) is 0 Å². The average molecular weight is 382 g/mol. The van der Waals surface area contributed by atoms with Crippen molar-refractivity contribution in [2.45, 2.75) is 25.6 Å². The molecule has 0 heterocycles. The van der Waals surface area contributed by atoms with Crippen LogP contribution in [0.5, 0.6) is 0 Å². The first kappa shape index (κ1) is 18.8. The molecule has 0 saturated heterocycles. The van der Waals surface area contributed by atoms with Gasteiger partial charge in [-0.05, 0) is 52.2 Å². The van der Waals surface area contributed by atoms with Crippen LogP contribution >= 0.6 is 15.9 Å². The fourth-order valence-electron chi connectivity index (χ4n) is 1.74. The number of halogens is 4. The molecule has 4 nitrogen and oxygen atoms in total. The van der Waals surface area contributed by atoms with Gasteiger partial charge >= 0.3 is 12.2 Å². The van der Waals surface area contributed by atoms with Crippen molar-refractivity contribution in [2.75, 3.05) is 26.0 Å². The van der Waals surface area contributed by atoms with E-state index in [1.54, 1.807) is 0 Å². The minimum atomic E-state index is -4.48. The van der Waals surface area contributed by atoms with Gasteiger partial charge in [0, 0.05) is 16.2 Å². The first-order valence-corrected chi connectivity index (χ1v) is 7.48. The second kappa shape index (κ2) is 7.82. The van der Waals surface area contributed by atoms with Gasteiger partial charge in [-0.2, -0.15) is 13.2 Å². The summed E-state index contributed by atoms with van der Waals surface area (Å²) in [6.45, 7) is 2.64. The lowest BCUT2D eigenvalue weighted by Gasteiger charge is -2.17. The van der Waals surface area contributed by atoms with Crippen LogP contribution in [0.2, 0.25) is 0 Å². The molecule has 0 saturated carbocycles. The van der Waals surface area contributed by atoms with Gasteiger partial charge in [-0.15, -0.1) is 0 Å². The molecule has 0 bridgehead atoms. The van der Waals surface area contributed by atoms with E-state index in [1.165, 1.54) is 12.1 Å². The molecule has 0 aliphatic rings. The molecule has 1 aromatic rings. The van der Waals surface area contributed by atoms with Crippen molar-refractivity contribution in [3.05, 3.63) is 28.2 Å². The van der Waals surface area contributed by atoms with Gasteiger partial charge < -0.3 is 15.5 Å². The monoisotopic (exact) mass is 381 g/mol. The SMILES string of the molecule is CC(CCN(C)C)NC(=O)Nc1ccc(Br)c(C(F)(F)F)c1. The van der Waals surface area contributed by atoms with E-state index in [2.05, 4.69) is 26.6 Å². The van der Waals surface area contributed by atoms with E-state index >= 15 is 0 Å². The molecule has 0 aliphatic carbocycles. The molecule has 0 radical (unpaired) electrons. The number of carbonyl (C=O) groups is 1. The van der Waals surface area contributed by atoms with Gasteiger partial charge in [-0.25, -0.2) is 4.79 Å². The number of hydrogen-bond donors (Lipinski definition) is 2. The number of carbonyl (C=O) groups excluding carboxylic acids is 1. The maximum absolute atomic E-state index is 12.8. The van der Waals surface area contributed by atoms with Crippen LogP contribution in [0.3, 0.4) is 0 Å². The molecular weight excluding hydrogens is 363 g/mol. The Labute approximate surface area is 136 Å². The highest BCUT2D eigenvalue weighted by Crippen LogP contribution is 2.36. The number of nitrogens with one attached hydrogen (secondary N) is 2. The summed E-state index contributed by atoms with van der Waals surface area (Å²) in [4.78, 5) is 13.8. The number of rotatable bonds is 5. The Bertz CT molecular complexity index is 521. The Kier molecular flexibility index (Phi) is 6.67. The molecule has 0 aromatic heterocycles. The first-order chi connectivity index (χ1) is 10.1. The van der Waals surface area contributed by atoms with Gasteiger partial charge in [0.25, 0.3) is 0 Å². The Morgan fingerprint density at radius 2 is 2.00 bits per heavy atom. The van der Waals surface area contributed by atoms with Crippen molar-refractivity contribution in [1.82, 2.24) is 10.2 Å². The fraction of sp³-hybridized carbons (Fsp3) is 0.500. The van der Waals surface area contributed by atoms with Gasteiger partial charge in [0.2, 0.25) is 0 Å². The smallest absolute Gasteiger partial charge is 0.335 e. The maximum atomic E-state index is 12.8. The van der Waals surface area contributed by atoms with Crippen LogP contribution in [0.4, 0.5) is 23.7 Å². The lowest BCUT2D eigenvalue weighted by atomic mass is 10.2. The second-order valence-electron chi connectivity index (χ2n) is 5.28. The van der Waals surface area contributed by atoms with E-state index in [4.69, 9.17) is 0 Å². The highest BCUT2D eigenvalue weighted by Gasteiger charge is 2.33. The highest BCUT2D eigenvalue weighted by molar-refractivity contribution is 9.10. The summed E-state index contributed by atoms with van der Waals surface area (Å²) in [6, 6.07) is 2.95. The number of hydrogen-bond acceptors (Lipinski definition) is 2. The normalized spacial score (nSPS) is 13.1. The topological polar surface area (TPSA) is 44.4 Å². The van der Waals surface area contributed by atoms with E-state index in [0.29, 0.717) is 0 Å². The third-order valence-electron chi connectivity index (χ3n) is 2.92. The van der Waals surface area contributed by atoms with Crippen molar-refractivity contribution in [1.29, 1.82) is 0 Å². The summed E-state index contributed by atoms with van der Waals surface area (Å²) < 4.78 is 38.3. The van der Waals surface area contributed by atoms with E-state index in [1.807, 2.05) is 25.9 Å². The van der Waals surface area contributed by atoms with Crippen LogP contribution in [-0.2, 0) is 6.18 Å². The summed E-state index contributed by atoms with van der Waals surface area (Å²) in [5.41, 5.74) is -0.737. The molecule has 1 rings (SSSR count). The van der Waals surface area contributed by atoms with Crippen LogP contribution in [0, 0.1) is 0 Å². The number of nitrogens with zero attached hydrogens (tertiary/aromatic N) is 1. The van der Waals surface area contributed by atoms with Crippen LogP contribution in [0.15, 0.2) is 22.7 Å². The van der Waals surface area contributed by atoms with E-state index < -0.39 is 17.8 Å². The molecule has 2 amide bonds. The number of anilines is 1. The number of benzene rings is 1. The van der Waals surface area contributed by atoms with E-state index in [9.17, 15) is 18.0 Å². The second-order valence-corrected chi connectivity index (χ2v) is 6.14. The van der Waals surface area contributed by atoms with E-state index in [0.717, 1.165) is 19.0 Å². The Morgan fingerprint density at radius 3 is 2.55 bits per heavy atom. The Balaban J connectivity index is 2.65. The van der Waals surface area contributed by atoms with Crippen molar-refractivity contribution >= 4 is 27.6 Å². The molecule has 124 valence electrons. The molecule has 22 heavy (non-hydrogen) atoms. The third-order valence-corrected chi connectivity index (χ3v) is 3.61. The zero-order valence-corrected chi connectivity index (χ0v) is 14.2. The summed E-state index contributed by atoms with van der Waals surface area (Å²) in [5.74, 6) is 0. The van der Waals surface area contributed by atoms with Gasteiger partial charge in [-0.1, -0.05) is 15.9 Å². The summed E-state index contributed by atoms with van der Waals surface area (Å²) >= 11 is 2.85. The molecular formula is C14H19BrF3N3O. The van der Waals surface area contributed by atoms with Crippen molar-refractivity contribution < 1.29 is 18.0 Å². The molecule has 8 heteroatoms. The first-order valence-electron chi connectivity index (χ1n) is 6.68. The van der Waals surface area contributed by atoms with Gasteiger partial charge in [0.1, 0.15) is 0 Å². The van der Waals surface area contributed by atoms with Crippen LogP contribution < -0.4 is 10.6 Å². The fourth-order valence-corrected chi connectivity index (χ4v) is 2.21. The van der Waals surface area contributed by atoms with Crippen molar-refractivity contribution in [3.8, 4) is 0 Å². The summed E-state index contributed by atoms with van der Waals surface area (Å²) in [7, 11) is 3.85. The lowest BCUT2D eigenvalue weighted by molar-refractivity contribution is -0.138. The van der Waals surface area contributed by atoms with Gasteiger partial charge in [-0.3, -0.25) is 0 Å². The molecule has 1 unspecified atom stereocenters. The lowest BCUT2D eigenvalue weighted by Crippen LogP contribution is -2.37. The molecule has 0 aliphatic heterocycles. The maximum Gasteiger partial charge on any atom is 0.417 e. The predicted molar refractivity (Wildman–Crippen MR) is 83.9 cm³/mol. The number of alkyl halides is 3. The Hall–Kier alpha value is -1.28. The third kappa shape index (κ3) is 6.23. The predicted octanol–water partition coefficient (Wildman–Crippen LogP) is 3.93.